The van der Waals surface area contributed by atoms with Gasteiger partial charge in [-0.2, -0.15) is 0 Å². The Morgan fingerprint density at radius 2 is 1.88 bits per heavy atom. The lowest BCUT2D eigenvalue weighted by atomic mass is 10.1. The molecule has 0 heterocycles. The highest BCUT2D eigenvalue weighted by molar-refractivity contribution is 6.76. The third-order valence-corrected chi connectivity index (χ3v) is 4.08. The highest BCUT2D eigenvalue weighted by atomic mass is 28.3. The zero-order chi connectivity index (χ0) is 12.9. The van der Waals surface area contributed by atoms with Gasteiger partial charge in [-0.25, -0.2) is 4.79 Å². The van der Waals surface area contributed by atoms with Crippen molar-refractivity contribution in [2.75, 3.05) is 6.61 Å². The van der Waals surface area contributed by atoms with Crippen LogP contribution in [0.25, 0.3) is 0 Å². The van der Waals surface area contributed by atoms with E-state index in [2.05, 4.69) is 25.6 Å². The predicted molar refractivity (Wildman–Crippen MR) is 72.8 cm³/mol. The van der Waals surface area contributed by atoms with Gasteiger partial charge in [-0.3, -0.25) is 0 Å². The van der Waals surface area contributed by atoms with Crippen molar-refractivity contribution in [1.82, 2.24) is 0 Å². The van der Waals surface area contributed by atoms with E-state index in [9.17, 15) is 4.79 Å². The minimum atomic E-state index is -1.14. The SMILES string of the molecule is C#Cc1ccc(C(=O)OCC[Si](C)(C)C)cc1. The molecule has 90 valence electrons. The van der Waals surface area contributed by atoms with Crippen LogP contribution in [0.1, 0.15) is 15.9 Å². The number of esters is 1. The summed E-state index contributed by atoms with van der Waals surface area (Å²) in [6, 6.07) is 7.88. The Balaban J connectivity index is 2.50. The molecule has 1 rings (SSSR count). The number of ether oxygens (including phenoxy) is 1. The Morgan fingerprint density at radius 3 is 2.35 bits per heavy atom. The summed E-state index contributed by atoms with van der Waals surface area (Å²) in [5.74, 6) is 2.24. The average Bonchev–Trinajstić information content (AvgIpc) is 2.27. The third kappa shape index (κ3) is 4.88. The predicted octanol–water partition coefficient (Wildman–Crippen LogP) is 3.16. The zero-order valence-corrected chi connectivity index (χ0v) is 11.6. The van der Waals surface area contributed by atoms with Crippen molar-refractivity contribution in [3.63, 3.8) is 0 Å². The molecule has 0 amide bonds. The minimum absolute atomic E-state index is 0.271. The maximum Gasteiger partial charge on any atom is 0.338 e. The standard InChI is InChI=1S/C14H18O2Si/c1-5-12-6-8-13(9-7-12)14(15)16-10-11-17(2,3)4/h1,6-9H,10-11H2,2-4H3. The van der Waals surface area contributed by atoms with Gasteiger partial charge >= 0.3 is 5.97 Å². The molecule has 0 aliphatic heterocycles. The highest BCUT2D eigenvalue weighted by Crippen LogP contribution is 2.10. The van der Waals surface area contributed by atoms with Crippen LogP contribution in [0.5, 0.6) is 0 Å². The van der Waals surface area contributed by atoms with Gasteiger partial charge in [-0.15, -0.1) is 6.42 Å². The van der Waals surface area contributed by atoms with E-state index in [4.69, 9.17) is 11.2 Å². The van der Waals surface area contributed by atoms with Crippen LogP contribution in [0.15, 0.2) is 24.3 Å². The van der Waals surface area contributed by atoms with E-state index in [1.165, 1.54) is 0 Å². The number of rotatable bonds is 4. The largest absolute Gasteiger partial charge is 0.462 e. The normalized spacial score (nSPS) is 10.7. The van der Waals surface area contributed by atoms with E-state index in [0.717, 1.165) is 11.6 Å². The molecule has 0 N–H and O–H groups in total. The molecular formula is C14H18O2Si. The lowest BCUT2D eigenvalue weighted by Crippen LogP contribution is -2.22. The first-order chi connectivity index (χ1) is 7.92. The number of terminal acetylenes is 1. The maximum atomic E-state index is 11.7. The number of hydrogen-bond donors (Lipinski definition) is 0. The Bertz CT molecular complexity index is 421. The van der Waals surface area contributed by atoms with E-state index in [-0.39, 0.29) is 5.97 Å². The molecule has 1 aromatic rings. The molecule has 0 aliphatic carbocycles. The molecule has 0 fully saturated rings. The fourth-order valence-electron chi connectivity index (χ4n) is 1.24. The van der Waals surface area contributed by atoms with E-state index >= 15 is 0 Å². The fraction of sp³-hybridized carbons (Fsp3) is 0.357. The number of hydrogen-bond acceptors (Lipinski definition) is 2. The maximum absolute atomic E-state index is 11.7. The summed E-state index contributed by atoms with van der Waals surface area (Å²) < 4.78 is 5.22. The topological polar surface area (TPSA) is 26.3 Å². The summed E-state index contributed by atoms with van der Waals surface area (Å²) in [6.45, 7) is 7.26. The van der Waals surface area contributed by atoms with Crippen LogP contribution in [0.4, 0.5) is 0 Å². The van der Waals surface area contributed by atoms with E-state index in [1.807, 2.05) is 0 Å². The third-order valence-electron chi connectivity index (χ3n) is 2.37. The van der Waals surface area contributed by atoms with Gasteiger partial charge in [0.1, 0.15) is 0 Å². The molecule has 0 radical (unpaired) electrons. The first-order valence-corrected chi connectivity index (χ1v) is 9.37. The van der Waals surface area contributed by atoms with Gasteiger partial charge in [-0.05, 0) is 30.3 Å². The second-order valence-electron chi connectivity index (χ2n) is 5.17. The van der Waals surface area contributed by atoms with Gasteiger partial charge in [0.05, 0.1) is 12.2 Å². The van der Waals surface area contributed by atoms with Crippen LogP contribution in [0.2, 0.25) is 25.7 Å². The second-order valence-corrected chi connectivity index (χ2v) is 10.8. The van der Waals surface area contributed by atoms with Crippen molar-refractivity contribution < 1.29 is 9.53 Å². The van der Waals surface area contributed by atoms with Crippen LogP contribution in [0, 0.1) is 12.3 Å². The van der Waals surface area contributed by atoms with Gasteiger partial charge in [0, 0.05) is 13.6 Å². The molecule has 2 nitrogen and oxygen atoms in total. The highest BCUT2D eigenvalue weighted by Gasteiger charge is 2.14. The van der Waals surface area contributed by atoms with Crippen molar-refractivity contribution in [2.45, 2.75) is 25.7 Å². The van der Waals surface area contributed by atoms with Crippen LogP contribution >= 0.6 is 0 Å². The van der Waals surface area contributed by atoms with Gasteiger partial charge in [0.15, 0.2) is 0 Å². The summed E-state index contributed by atoms with van der Waals surface area (Å²) in [4.78, 5) is 11.7. The van der Waals surface area contributed by atoms with Gasteiger partial charge in [0.25, 0.3) is 0 Å². The fourth-order valence-corrected chi connectivity index (χ4v) is 1.95. The zero-order valence-electron chi connectivity index (χ0n) is 10.6. The summed E-state index contributed by atoms with van der Waals surface area (Å²) in [7, 11) is -1.14. The average molecular weight is 246 g/mol. The molecule has 3 heteroatoms. The van der Waals surface area contributed by atoms with Gasteiger partial charge in [0.2, 0.25) is 0 Å². The number of carbonyl (C=O) groups is 1. The summed E-state index contributed by atoms with van der Waals surface area (Å²) in [5, 5.41) is 0. The van der Waals surface area contributed by atoms with Crippen molar-refractivity contribution >= 4 is 14.0 Å². The van der Waals surface area contributed by atoms with E-state index in [0.29, 0.717) is 12.2 Å². The second kappa shape index (κ2) is 5.69. The Morgan fingerprint density at radius 1 is 1.29 bits per heavy atom. The van der Waals surface area contributed by atoms with Crippen LogP contribution in [0.3, 0.4) is 0 Å². The Labute approximate surface area is 104 Å². The smallest absolute Gasteiger partial charge is 0.338 e. The van der Waals surface area contributed by atoms with Crippen molar-refractivity contribution in [2.24, 2.45) is 0 Å². The van der Waals surface area contributed by atoms with Crippen LogP contribution in [-0.2, 0) is 4.74 Å². The molecule has 0 spiro atoms. The molecule has 0 atom stereocenters. The minimum Gasteiger partial charge on any atom is -0.462 e. The van der Waals surface area contributed by atoms with Crippen molar-refractivity contribution in [1.29, 1.82) is 0 Å². The van der Waals surface area contributed by atoms with E-state index in [1.54, 1.807) is 24.3 Å². The quantitative estimate of drug-likeness (QED) is 0.463. The first-order valence-electron chi connectivity index (χ1n) is 5.66. The van der Waals surface area contributed by atoms with Crippen molar-refractivity contribution in [3.8, 4) is 12.3 Å². The lowest BCUT2D eigenvalue weighted by molar-refractivity contribution is 0.0525. The molecule has 1 aromatic carbocycles. The Kier molecular flexibility index (Phi) is 4.53. The summed E-state index contributed by atoms with van der Waals surface area (Å²) in [5.41, 5.74) is 1.32. The molecule has 17 heavy (non-hydrogen) atoms. The summed E-state index contributed by atoms with van der Waals surface area (Å²) >= 11 is 0. The molecule has 0 aliphatic rings. The number of benzene rings is 1. The summed E-state index contributed by atoms with van der Waals surface area (Å²) in [6.07, 6.45) is 5.24. The molecule has 0 aromatic heterocycles. The number of carbonyl (C=O) groups excluding carboxylic acids is 1. The van der Waals surface area contributed by atoms with Gasteiger partial charge < -0.3 is 4.74 Å². The van der Waals surface area contributed by atoms with E-state index < -0.39 is 8.07 Å². The lowest BCUT2D eigenvalue weighted by Gasteiger charge is -2.15. The monoisotopic (exact) mass is 246 g/mol. The van der Waals surface area contributed by atoms with Crippen LogP contribution < -0.4 is 0 Å². The van der Waals surface area contributed by atoms with Gasteiger partial charge in [-0.1, -0.05) is 25.6 Å². The molecular weight excluding hydrogens is 228 g/mol. The van der Waals surface area contributed by atoms with Crippen LogP contribution in [-0.4, -0.2) is 20.7 Å². The Hall–Kier alpha value is -1.53. The molecule has 0 saturated heterocycles. The first kappa shape index (κ1) is 13.5. The molecule has 0 bridgehead atoms. The molecule has 0 unspecified atom stereocenters. The van der Waals surface area contributed by atoms with Crippen molar-refractivity contribution in [3.05, 3.63) is 35.4 Å². The molecule has 0 saturated carbocycles.